The lowest BCUT2D eigenvalue weighted by Crippen LogP contribution is -2.09. The highest BCUT2D eigenvalue weighted by molar-refractivity contribution is 6.36. The first-order chi connectivity index (χ1) is 10.0. The Hall–Kier alpha value is -2.04. The van der Waals surface area contributed by atoms with Gasteiger partial charge in [-0.05, 0) is 42.5 Å². The van der Waals surface area contributed by atoms with Crippen molar-refractivity contribution in [1.82, 2.24) is 0 Å². The average molecular weight is 325 g/mol. The predicted octanol–water partition coefficient (Wildman–Crippen LogP) is 4.00. The Morgan fingerprint density at radius 3 is 2.19 bits per heavy atom. The predicted molar refractivity (Wildman–Crippen MR) is 79.2 cm³/mol. The van der Waals surface area contributed by atoms with Crippen molar-refractivity contribution in [3.8, 4) is 5.75 Å². The standard InChI is InChI=1S/C15H10Cl2O4/c1-20-14(18)9-2-5-11(6-3-9)21-15(19)12-7-4-10(16)8-13(12)17/h2-8H,1H3. The number of carbonyl (C=O) groups is 2. The highest BCUT2D eigenvalue weighted by Crippen LogP contribution is 2.23. The normalized spacial score (nSPS) is 10.0. The maximum absolute atomic E-state index is 12.0. The van der Waals surface area contributed by atoms with Crippen molar-refractivity contribution in [2.45, 2.75) is 0 Å². The number of hydrogen-bond acceptors (Lipinski definition) is 4. The fourth-order valence-corrected chi connectivity index (χ4v) is 2.08. The van der Waals surface area contributed by atoms with E-state index in [9.17, 15) is 9.59 Å². The van der Waals surface area contributed by atoms with Gasteiger partial charge in [0.15, 0.2) is 0 Å². The Morgan fingerprint density at radius 2 is 1.62 bits per heavy atom. The quantitative estimate of drug-likeness (QED) is 0.632. The van der Waals surface area contributed by atoms with E-state index in [-0.39, 0.29) is 10.6 Å². The number of halogens is 2. The molecular weight excluding hydrogens is 315 g/mol. The molecular formula is C15H10Cl2O4. The molecule has 0 unspecified atom stereocenters. The zero-order valence-corrected chi connectivity index (χ0v) is 12.4. The monoisotopic (exact) mass is 324 g/mol. The molecule has 0 spiro atoms. The van der Waals surface area contributed by atoms with E-state index in [1.165, 1.54) is 43.5 Å². The van der Waals surface area contributed by atoms with E-state index in [2.05, 4.69) is 4.74 Å². The van der Waals surface area contributed by atoms with Crippen molar-refractivity contribution >= 4 is 35.1 Å². The van der Waals surface area contributed by atoms with Crippen LogP contribution in [0.5, 0.6) is 5.75 Å². The number of ether oxygens (including phenoxy) is 2. The summed E-state index contributed by atoms with van der Waals surface area (Å²) in [6.45, 7) is 0. The molecule has 4 nitrogen and oxygen atoms in total. The van der Waals surface area contributed by atoms with E-state index >= 15 is 0 Å². The van der Waals surface area contributed by atoms with Crippen LogP contribution in [0.1, 0.15) is 20.7 Å². The molecule has 0 saturated heterocycles. The molecule has 0 amide bonds. The molecule has 2 aromatic carbocycles. The summed E-state index contributed by atoms with van der Waals surface area (Å²) in [4.78, 5) is 23.3. The zero-order valence-electron chi connectivity index (χ0n) is 10.9. The molecule has 0 aliphatic rings. The average Bonchev–Trinajstić information content (AvgIpc) is 2.47. The van der Waals surface area contributed by atoms with Gasteiger partial charge in [-0.25, -0.2) is 9.59 Å². The molecule has 6 heteroatoms. The minimum Gasteiger partial charge on any atom is -0.465 e. The van der Waals surface area contributed by atoms with Gasteiger partial charge in [-0.2, -0.15) is 0 Å². The highest BCUT2D eigenvalue weighted by atomic mass is 35.5. The molecule has 0 aromatic heterocycles. The number of hydrogen-bond donors (Lipinski definition) is 0. The number of carbonyl (C=O) groups excluding carboxylic acids is 2. The van der Waals surface area contributed by atoms with E-state index in [1.807, 2.05) is 0 Å². The highest BCUT2D eigenvalue weighted by Gasteiger charge is 2.13. The van der Waals surface area contributed by atoms with Crippen LogP contribution < -0.4 is 4.74 Å². The van der Waals surface area contributed by atoms with Crippen molar-refractivity contribution in [3.05, 3.63) is 63.6 Å². The SMILES string of the molecule is COC(=O)c1ccc(OC(=O)c2ccc(Cl)cc2Cl)cc1. The Bertz CT molecular complexity index is 681. The first-order valence-corrected chi connectivity index (χ1v) is 6.62. The molecule has 0 aliphatic carbocycles. The van der Waals surface area contributed by atoms with E-state index in [1.54, 1.807) is 6.07 Å². The lowest BCUT2D eigenvalue weighted by Gasteiger charge is -2.06. The second-order valence-corrected chi connectivity index (χ2v) is 4.87. The van der Waals surface area contributed by atoms with E-state index in [0.717, 1.165) is 0 Å². The van der Waals surface area contributed by atoms with Gasteiger partial charge >= 0.3 is 11.9 Å². The van der Waals surface area contributed by atoms with Crippen LogP contribution in [0.2, 0.25) is 10.0 Å². The summed E-state index contributed by atoms with van der Waals surface area (Å²) in [6.07, 6.45) is 0. The summed E-state index contributed by atoms with van der Waals surface area (Å²) >= 11 is 11.7. The first kappa shape index (κ1) is 15.4. The van der Waals surface area contributed by atoms with Gasteiger partial charge in [0.1, 0.15) is 5.75 Å². The molecule has 0 atom stereocenters. The smallest absolute Gasteiger partial charge is 0.345 e. The first-order valence-electron chi connectivity index (χ1n) is 5.87. The topological polar surface area (TPSA) is 52.6 Å². The minimum atomic E-state index is -0.609. The van der Waals surface area contributed by atoms with Crippen molar-refractivity contribution in [2.75, 3.05) is 7.11 Å². The summed E-state index contributed by atoms with van der Waals surface area (Å²) in [7, 11) is 1.29. The Kier molecular flexibility index (Phi) is 4.83. The van der Waals surface area contributed by atoms with Crippen molar-refractivity contribution in [2.24, 2.45) is 0 Å². The summed E-state index contributed by atoms with van der Waals surface area (Å²) in [6, 6.07) is 10.5. The van der Waals surface area contributed by atoms with Gasteiger partial charge in [0.25, 0.3) is 0 Å². The molecule has 2 rings (SSSR count). The molecule has 0 radical (unpaired) electrons. The van der Waals surface area contributed by atoms with Gasteiger partial charge in [-0.15, -0.1) is 0 Å². The third kappa shape index (κ3) is 3.74. The molecule has 0 fully saturated rings. The number of rotatable bonds is 3. The molecule has 0 N–H and O–H groups in total. The van der Waals surface area contributed by atoms with Gasteiger partial charge in [-0.1, -0.05) is 23.2 Å². The third-order valence-corrected chi connectivity index (χ3v) is 3.18. The fraction of sp³-hybridized carbons (Fsp3) is 0.0667. The largest absolute Gasteiger partial charge is 0.465 e. The van der Waals surface area contributed by atoms with E-state index in [4.69, 9.17) is 27.9 Å². The summed E-state index contributed by atoms with van der Waals surface area (Å²) in [5, 5.41) is 0.637. The van der Waals surface area contributed by atoms with Crippen LogP contribution in [0.3, 0.4) is 0 Å². The van der Waals surface area contributed by atoms with Crippen molar-refractivity contribution in [3.63, 3.8) is 0 Å². The van der Waals surface area contributed by atoms with Gasteiger partial charge in [0, 0.05) is 5.02 Å². The number of esters is 2. The molecule has 2 aromatic rings. The number of benzene rings is 2. The Labute approximate surface area is 131 Å². The van der Waals surface area contributed by atoms with Crippen LogP contribution in [-0.4, -0.2) is 19.0 Å². The lowest BCUT2D eigenvalue weighted by molar-refractivity contribution is 0.0600. The summed E-state index contributed by atoms with van der Waals surface area (Å²) < 4.78 is 9.75. The maximum atomic E-state index is 12.0. The van der Waals surface area contributed by atoms with Crippen LogP contribution >= 0.6 is 23.2 Å². The van der Waals surface area contributed by atoms with Crippen LogP contribution in [0.15, 0.2) is 42.5 Å². The van der Waals surface area contributed by atoms with Crippen molar-refractivity contribution < 1.29 is 19.1 Å². The van der Waals surface area contributed by atoms with Gasteiger partial charge < -0.3 is 9.47 Å². The fourth-order valence-electron chi connectivity index (χ4n) is 1.59. The molecule has 0 heterocycles. The lowest BCUT2D eigenvalue weighted by atomic mass is 10.2. The Morgan fingerprint density at radius 1 is 0.952 bits per heavy atom. The van der Waals surface area contributed by atoms with Gasteiger partial charge in [0.05, 0.1) is 23.3 Å². The van der Waals surface area contributed by atoms with Crippen LogP contribution in [-0.2, 0) is 4.74 Å². The zero-order chi connectivity index (χ0) is 15.4. The van der Waals surface area contributed by atoms with Crippen LogP contribution in [0.25, 0.3) is 0 Å². The van der Waals surface area contributed by atoms with Gasteiger partial charge in [0.2, 0.25) is 0 Å². The van der Waals surface area contributed by atoms with Crippen LogP contribution in [0.4, 0.5) is 0 Å². The van der Waals surface area contributed by atoms with Crippen molar-refractivity contribution in [1.29, 1.82) is 0 Å². The third-order valence-electron chi connectivity index (χ3n) is 2.64. The molecule has 0 bridgehead atoms. The molecule has 0 saturated carbocycles. The van der Waals surface area contributed by atoms with E-state index in [0.29, 0.717) is 16.3 Å². The second-order valence-electron chi connectivity index (χ2n) is 4.03. The van der Waals surface area contributed by atoms with Crippen LogP contribution in [0, 0.1) is 0 Å². The summed E-state index contributed by atoms with van der Waals surface area (Å²) in [5.41, 5.74) is 0.569. The Balaban J connectivity index is 2.14. The summed E-state index contributed by atoms with van der Waals surface area (Å²) in [5.74, 6) is -0.783. The number of methoxy groups -OCH3 is 1. The minimum absolute atomic E-state index is 0.207. The molecule has 21 heavy (non-hydrogen) atoms. The molecule has 108 valence electrons. The molecule has 0 aliphatic heterocycles. The van der Waals surface area contributed by atoms with E-state index < -0.39 is 11.9 Å². The maximum Gasteiger partial charge on any atom is 0.345 e. The second kappa shape index (κ2) is 6.61. The van der Waals surface area contributed by atoms with Gasteiger partial charge in [-0.3, -0.25) is 0 Å².